The molecule has 0 bridgehead atoms. The Morgan fingerprint density at radius 2 is 1.89 bits per heavy atom. The van der Waals surface area contributed by atoms with Crippen molar-refractivity contribution < 1.29 is 14.3 Å². The summed E-state index contributed by atoms with van der Waals surface area (Å²) >= 11 is 0. The summed E-state index contributed by atoms with van der Waals surface area (Å²) in [5, 5.41) is 2.72. The first-order chi connectivity index (χ1) is 8.74. The van der Waals surface area contributed by atoms with Gasteiger partial charge in [0, 0.05) is 24.4 Å². The minimum absolute atomic E-state index is 0.0619. The molecule has 1 unspecified atom stereocenters. The molecule has 0 radical (unpaired) electrons. The third kappa shape index (κ3) is 2.23. The Morgan fingerprint density at radius 3 is 2.44 bits per heavy atom. The van der Waals surface area contributed by atoms with Gasteiger partial charge in [-0.25, -0.2) is 0 Å². The van der Waals surface area contributed by atoms with Crippen LogP contribution in [0.15, 0.2) is 24.3 Å². The van der Waals surface area contributed by atoms with Crippen molar-refractivity contribution in [1.29, 1.82) is 0 Å². The lowest BCUT2D eigenvalue weighted by Crippen LogP contribution is -2.27. The number of carbonyl (C=O) groups is 2. The SMILES string of the molecule is O=C(c1ccc(OC2CCNC2=O)cc1)C1CC1. The molecule has 1 saturated carbocycles. The molecule has 1 N–H and O–H groups in total. The smallest absolute Gasteiger partial charge is 0.261 e. The maximum atomic E-state index is 11.8. The number of carbonyl (C=O) groups excluding carboxylic acids is 2. The number of nitrogens with one attached hydrogen (secondary N) is 1. The summed E-state index contributed by atoms with van der Waals surface area (Å²) in [6.07, 6.45) is 2.33. The van der Waals surface area contributed by atoms with Crippen LogP contribution in [0.5, 0.6) is 5.75 Å². The third-order valence-corrected chi connectivity index (χ3v) is 3.36. The molecule has 0 spiro atoms. The van der Waals surface area contributed by atoms with E-state index in [0.29, 0.717) is 18.7 Å². The van der Waals surface area contributed by atoms with Crippen LogP contribution in [0.25, 0.3) is 0 Å². The number of amides is 1. The minimum atomic E-state index is -0.394. The van der Waals surface area contributed by atoms with E-state index in [1.54, 1.807) is 24.3 Å². The Bertz CT molecular complexity index is 476. The normalized spacial score (nSPS) is 22.7. The van der Waals surface area contributed by atoms with Gasteiger partial charge < -0.3 is 10.1 Å². The van der Waals surface area contributed by atoms with Gasteiger partial charge in [0.15, 0.2) is 11.9 Å². The predicted octanol–water partition coefficient (Wildman–Crippen LogP) is 1.55. The molecule has 4 nitrogen and oxygen atoms in total. The zero-order valence-corrected chi connectivity index (χ0v) is 10.0. The van der Waals surface area contributed by atoms with Crippen molar-refractivity contribution in [1.82, 2.24) is 5.32 Å². The van der Waals surface area contributed by atoms with Crippen molar-refractivity contribution in [3.63, 3.8) is 0 Å². The van der Waals surface area contributed by atoms with Gasteiger partial charge in [-0.3, -0.25) is 9.59 Å². The van der Waals surface area contributed by atoms with Crippen LogP contribution in [0, 0.1) is 5.92 Å². The first-order valence-corrected chi connectivity index (χ1v) is 6.33. The number of hydrogen-bond donors (Lipinski definition) is 1. The first kappa shape index (κ1) is 11.3. The molecular weight excluding hydrogens is 230 g/mol. The van der Waals surface area contributed by atoms with Crippen LogP contribution in [-0.2, 0) is 4.79 Å². The van der Waals surface area contributed by atoms with E-state index in [1.165, 1.54) is 0 Å². The van der Waals surface area contributed by atoms with Gasteiger partial charge in [-0.05, 0) is 37.1 Å². The van der Waals surface area contributed by atoms with Crippen molar-refractivity contribution in [2.45, 2.75) is 25.4 Å². The predicted molar refractivity (Wildman–Crippen MR) is 65.5 cm³/mol. The molecule has 1 amide bonds. The van der Waals surface area contributed by atoms with Gasteiger partial charge in [-0.15, -0.1) is 0 Å². The van der Waals surface area contributed by atoms with Gasteiger partial charge in [0.25, 0.3) is 5.91 Å². The van der Waals surface area contributed by atoms with Crippen molar-refractivity contribution in [2.75, 3.05) is 6.54 Å². The summed E-state index contributed by atoms with van der Waals surface area (Å²) in [7, 11) is 0. The Labute approximate surface area is 105 Å². The van der Waals surface area contributed by atoms with E-state index in [-0.39, 0.29) is 17.6 Å². The largest absolute Gasteiger partial charge is 0.481 e. The highest BCUT2D eigenvalue weighted by atomic mass is 16.5. The molecule has 3 rings (SSSR count). The second kappa shape index (κ2) is 4.44. The molecule has 1 aromatic carbocycles. The standard InChI is InChI=1S/C14H15NO3/c16-13(9-1-2-9)10-3-5-11(6-4-10)18-12-7-8-15-14(12)17/h3-6,9,12H,1-2,7-8H2,(H,15,17). The maximum absolute atomic E-state index is 11.8. The van der Waals surface area contributed by atoms with Crippen LogP contribution in [0.2, 0.25) is 0 Å². The average Bonchev–Trinajstić information content (AvgIpc) is 3.16. The van der Waals surface area contributed by atoms with E-state index in [4.69, 9.17) is 4.74 Å². The second-order valence-electron chi connectivity index (χ2n) is 4.85. The molecule has 1 aliphatic heterocycles. The summed E-state index contributed by atoms with van der Waals surface area (Å²) in [5.74, 6) is 1.04. The highest BCUT2D eigenvalue weighted by molar-refractivity contribution is 5.99. The van der Waals surface area contributed by atoms with Crippen LogP contribution < -0.4 is 10.1 Å². The molecule has 94 valence electrons. The highest BCUT2D eigenvalue weighted by Crippen LogP contribution is 2.33. The van der Waals surface area contributed by atoms with Crippen LogP contribution >= 0.6 is 0 Å². The highest BCUT2D eigenvalue weighted by Gasteiger charge is 2.30. The molecule has 2 fully saturated rings. The minimum Gasteiger partial charge on any atom is -0.481 e. The van der Waals surface area contributed by atoms with Crippen molar-refractivity contribution in [3.05, 3.63) is 29.8 Å². The average molecular weight is 245 g/mol. The van der Waals surface area contributed by atoms with E-state index in [9.17, 15) is 9.59 Å². The molecule has 18 heavy (non-hydrogen) atoms. The molecule has 1 heterocycles. The van der Waals surface area contributed by atoms with Gasteiger partial charge in [0.1, 0.15) is 5.75 Å². The molecular formula is C14H15NO3. The lowest BCUT2D eigenvalue weighted by Gasteiger charge is -2.11. The zero-order valence-electron chi connectivity index (χ0n) is 10.0. The fourth-order valence-electron chi connectivity index (χ4n) is 2.13. The monoisotopic (exact) mass is 245 g/mol. The van der Waals surface area contributed by atoms with Gasteiger partial charge in [0.05, 0.1) is 0 Å². The summed E-state index contributed by atoms with van der Waals surface area (Å²) in [5.41, 5.74) is 0.737. The maximum Gasteiger partial charge on any atom is 0.261 e. The number of Topliss-reactive ketones (excluding diaryl/α,β-unsaturated/α-hetero) is 1. The third-order valence-electron chi connectivity index (χ3n) is 3.36. The molecule has 1 atom stereocenters. The topological polar surface area (TPSA) is 55.4 Å². The lowest BCUT2D eigenvalue weighted by molar-refractivity contribution is -0.124. The second-order valence-corrected chi connectivity index (χ2v) is 4.85. The number of benzene rings is 1. The first-order valence-electron chi connectivity index (χ1n) is 6.33. The van der Waals surface area contributed by atoms with Crippen molar-refractivity contribution >= 4 is 11.7 Å². The molecule has 1 saturated heterocycles. The lowest BCUT2D eigenvalue weighted by atomic mass is 10.1. The van der Waals surface area contributed by atoms with E-state index >= 15 is 0 Å². The Kier molecular flexibility index (Phi) is 2.78. The number of ketones is 1. The van der Waals surface area contributed by atoms with Gasteiger partial charge in [-0.2, -0.15) is 0 Å². The number of hydrogen-bond acceptors (Lipinski definition) is 3. The van der Waals surface area contributed by atoms with Gasteiger partial charge >= 0.3 is 0 Å². The summed E-state index contributed by atoms with van der Waals surface area (Å²) in [4.78, 5) is 23.2. The van der Waals surface area contributed by atoms with Crippen LogP contribution in [0.4, 0.5) is 0 Å². The molecule has 0 aromatic heterocycles. The number of ether oxygens (including phenoxy) is 1. The fourth-order valence-corrected chi connectivity index (χ4v) is 2.13. The van der Waals surface area contributed by atoms with E-state index < -0.39 is 6.10 Å². The fraction of sp³-hybridized carbons (Fsp3) is 0.429. The van der Waals surface area contributed by atoms with Crippen molar-refractivity contribution in [3.8, 4) is 5.75 Å². The van der Waals surface area contributed by atoms with E-state index in [1.807, 2.05) is 0 Å². The summed E-state index contributed by atoms with van der Waals surface area (Å²) in [6.45, 7) is 0.668. The van der Waals surface area contributed by atoms with Crippen LogP contribution in [0.1, 0.15) is 29.6 Å². The van der Waals surface area contributed by atoms with Gasteiger partial charge in [0.2, 0.25) is 0 Å². The quantitative estimate of drug-likeness (QED) is 0.819. The Hall–Kier alpha value is -1.84. The van der Waals surface area contributed by atoms with Crippen molar-refractivity contribution in [2.24, 2.45) is 5.92 Å². The molecule has 4 heteroatoms. The van der Waals surface area contributed by atoms with Gasteiger partial charge in [-0.1, -0.05) is 0 Å². The Morgan fingerprint density at radius 1 is 1.17 bits per heavy atom. The number of rotatable bonds is 4. The van der Waals surface area contributed by atoms with E-state index in [2.05, 4.69) is 5.32 Å². The Balaban J connectivity index is 1.67. The molecule has 1 aromatic rings. The molecule has 2 aliphatic rings. The van der Waals surface area contributed by atoms with Crippen LogP contribution in [0.3, 0.4) is 0 Å². The summed E-state index contributed by atoms with van der Waals surface area (Å²) in [6, 6.07) is 7.09. The zero-order chi connectivity index (χ0) is 12.5. The summed E-state index contributed by atoms with van der Waals surface area (Å²) < 4.78 is 5.58. The molecule has 1 aliphatic carbocycles. The van der Waals surface area contributed by atoms with E-state index in [0.717, 1.165) is 18.4 Å². The van der Waals surface area contributed by atoms with Crippen LogP contribution in [-0.4, -0.2) is 24.3 Å².